The second-order valence-electron chi connectivity index (χ2n) is 7.13. The van der Waals surface area contributed by atoms with Crippen LogP contribution in [0.5, 0.6) is 0 Å². The van der Waals surface area contributed by atoms with Gasteiger partial charge in [0.25, 0.3) is 6.01 Å². The van der Waals surface area contributed by atoms with Gasteiger partial charge in [0.05, 0.1) is 11.2 Å². The maximum absolute atomic E-state index is 13.1. The lowest BCUT2D eigenvalue weighted by Gasteiger charge is -2.22. The van der Waals surface area contributed by atoms with Gasteiger partial charge in [0.1, 0.15) is 11.6 Å². The van der Waals surface area contributed by atoms with Gasteiger partial charge in [0.15, 0.2) is 5.58 Å². The molecule has 28 heavy (non-hydrogen) atoms. The number of benzene rings is 2. The Morgan fingerprint density at radius 2 is 1.89 bits per heavy atom. The van der Waals surface area contributed by atoms with Crippen LogP contribution >= 0.6 is 0 Å². The number of nitrogens with zero attached hydrogens (tertiary/aromatic N) is 3. The zero-order valence-corrected chi connectivity index (χ0v) is 15.6. The molecular formula is C22H20N4O2. The SMILES string of the molecule is Cc1cc(NC(=O)[C@@H]2CCCN2c2nc3ccccc3o2)c2ccccc2n1. The number of amides is 1. The van der Waals surface area contributed by atoms with E-state index in [1.165, 1.54) is 0 Å². The topological polar surface area (TPSA) is 71.3 Å². The second-order valence-corrected chi connectivity index (χ2v) is 7.13. The van der Waals surface area contributed by atoms with E-state index >= 15 is 0 Å². The maximum Gasteiger partial charge on any atom is 0.299 e. The molecule has 6 nitrogen and oxygen atoms in total. The lowest BCUT2D eigenvalue weighted by molar-refractivity contribution is -0.117. The van der Waals surface area contributed by atoms with E-state index in [4.69, 9.17) is 4.42 Å². The van der Waals surface area contributed by atoms with Crippen molar-refractivity contribution in [1.82, 2.24) is 9.97 Å². The summed E-state index contributed by atoms with van der Waals surface area (Å²) < 4.78 is 5.90. The Morgan fingerprint density at radius 3 is 2.75 bits per heavy atom. The minimum absolute atomic E-state index is 0.0458. The number of pyridine rings is 1. The highest BCUT2D eigenvalue weighted by Crippen LogP contribution is 2.30. The number of nitrogens with one attached hydrogen (secondary N) is 1. The highest BCUT2D eigenvalue weighted by atomic mass is 16.4. The van der Waals surface area contributed by atoms with E-state index in [0.717, 1.165) is 52.8 Å². The van der Waals surface area contributed by atoms with Gasteiger partial charge >= 0.3 is 0 Å². The van der Waals surface area contributed by atoms with Gasteiger partial charge in [-0.25, -0.2) is 0 Å². The van der Waals surface area contributed by atoms with E-state index in [1.54, 1.807) is 0 Å². The summed E-state index contributed by atoms with van der Waals surface area (Å²) in [6.45, 7) is 2.68. The van der Waals surface area contributed by atoms with E-state index in [-0.39, 0.29) is 11.9 Å². The highest BCUT2D eigenvalue weighted by molar-refractivity contribution is 6.04. The number of rotatable bonds is 3. The molecule has 2 aromatic heterocycles. The number of aromatic nitrogens is 2. The summed E-state index contributed by atoms with van der Waals surface area (Å²) in [6, 6.07) is 17.6. The van der Waals surface area contributed by atoms with Crippen molar-refractivity contribution >= 4 is 39.6 Å². The number of anilines is 2. The largest absolute Gasteiger partial charge is 0.423 e. The summed E-state index contributed by atoms with van der Waals surface area (Å²) in [5.41, 5.74) is 4.08. The summed E-state index contributed by atoms with van der Waals surface area (Å²) in [5.74, 6) is -0.0458. The summed E-state index contributed by atoms with van der Waals surface area (Å²) in [4.78, 5) is 24.2. The Balaban J connectivity index is 1.45. The molecule has 1 aliphatic heterocycles. The van der Waals surface area contributed by atoms with Crippen molar-refractivity contribution < 1.29 is 9.21 Å². The molecule has 1 fully saturated rings. The first-order valence-corrected chi connectivity index (χ1v) is 9.48. The van der Waals surface area contributed by atoms with E-state index in [0.29, 0.717) is 6.01 Å². The molecule has 3 heterocycles. The van der Waals surface area contributed by atoms with Crippen molar-refractivity contribution in [2.75, 3.05) is 16.8 Å². The molecule has 1 atom stereocenters. The van der Waals surface area contributed by atoms with Crippen LogP contribution in [0.1, 0.15) is 18.5 Å². The van der Waals surface area contributed by atoms with Crippen LogP contribution in [0.25, 0.3) is 22.0 Å². The number of fused-ring (bicyclic) bond motifs is 2. The van der Waals surface area contributed by atoms with Crippen molar-refractivity contribution in [2.24, 2.45) is 0 Å². The van der Waals surface area contributed by atoms with Gasteiger partial charge < -0.3 is 14.6 Å². The molecule has 2 aromatic carbocycles. The third-order valence-corrected chi connectivity index (χ3v) is 5.19. The number of carbonyl (C=O) groups excluding carboxylic acids is 1. The van der Waals surface area contributed by atoms with E-state index < -0.39 is 0 Å². The van der Waals surface area contributed by atoms with Crippen LogP contribution in [0.3, 0.4) is 0 Å². The fourth-order valence-electron chi connectivity index (χ4n) is 3.88. The van der Waals surface area contributed by atoms with Crippen LogP contribution in [0, 0.1) is 6.92 Å². The summed E-state index contributed by atoms with van der Waals surface area (Å²) in [5, 5.41) is 4.05. The van der Waals surface area contributed by atoms with E-state index in [9.17, 15) is 4.79 Å². The molecular weight excluding hydrogens is 352 g/mol. The van der Waals surface area contributed by atoms with Crippen molar-refractivity contribution in [3.05, 3.63) is 60.3 Å². The number of oxazole rings is 1. The lowest BCUT2D eigenvalue weighted by Crippen LogP contribution is -2.40. The summed E-state index contributed by atoms with van der Waals surface area (Å²) in [6.07, 6.45) is 1.69. The van der Waals surface area contributed by atoms with Gasteiger partial charge in [0.2, 0.25) is 5.91 Å². The predicted octanol–water partition coefficient (Wildman–Crippen LogP) is 4.29. The average Bonchev–Trinajstić information content (AvgIpc) is 3.34. The molecule has 5 rings (SSSR count). The van der Waals surface area contributed by atoms with Gasteiger partial charge in [-0.15, -0.1) is 0 Å². The molecule has 0 spiro atoms. The predicted molar refractivity (Wildman–Crippen MR) is 109 cm³/mol. The van der Waals surface area contributed by atoms with Crippen molar-refractivity contribution in [3.8, 4) is 0 Å². The highest BCUT2D eigenvalue weighted by Gasteiger charge is 2.34. The van der Waals surface area contributed by atoms with Crippen LogP contribution in [0.4, 0.5) is 11.7 Å². The van der Waals surface area contributed by atoms with Crippen LogP contribution in [0.15, 0.2) is 59.0 Å². The van der Waals surface area contributed by atoms with E-state index in [2.05, 4.69) is 15.3 Å². The molecule has 0 saturated carbocycles. The summed E-state index contributed by atoms with van der Waals surface area (Å²) in [7, 11) is 0. The molecule has 1 aliphatic rings. The molecule has 0 unspecified atom stereocenters. The zero-order chi connectivity index (χ0) is 19.1. The van der Waals surface area contributed by atoms with Gasteiger partial charge in [-0.05, 0) is 44.0 Å². The smallest absolute Gasteiger partial charge is 0.299 e. The zero-order valence-electron chi connectivity index (χ0n) is 15.6. The molecule has 0 bridgehead atoms. The average molecular weight is 372 g/mol. The third kappa shape index (κ3) is 2.87. The summed E-state index contributed by atoms with van der Waals surface area (Å²) >= 11 is 0. The standard InChI is InChI=1S/C22H20N4O2/c1-14-13-18(15-7-2-3-8-16(15)23-14)24-21(27)19-10-6-12-26(19)22-25-17-9-4-5-11-20(17)28-22/h2-5,7-9,11,13,19H,6,10,12H2,1H3,(H,23,24,27)/t19-/m0/s1. The Kier molecular flexibility index (Phi) is 3.97. The molecule has 1 amide bonds. The Bertz CT molecular complexity index is 1150. The van der Waals surface area contributed by atoms with Crippen molar-refractivity contribution in [3.63, 3.8) is 0 Å². The minimum Gasteiger partial charge on any atom is -0.423 e. The maximum atomic E-state index is 13.1. The van der Waals surface area contributed by atoms with Gasteiger partial charge in [-0.3, -0.25) is 9.78 Å². The molecule has 0 radical (unpaired) electrons. The lowest BCUT2D eigenvalue weighted by atomic mass is 10.1. The van der Waals surface area contributed by atoms with Gasteiger partial charge in [-0.1, -0.05) is 30.3 Å². The fourth-order valence-corrected chi connectivity index (χ4v) is 3.88. The first kappa shape index (κ1) is 16.7. The van der Waals surface area contributed by atoms with Crippen LogP contribution in [-0.4, -0.2) is 28.5 Å². The number of hydrogen-bond acceptors (Lipinski definition) is 5. The quantitative estimate of drug-likeness (QED) is 0.581. The van der Waals surface area contributed by atoms with Crippen molar-refractivity contribution in [1.29, 1.82) is 0 Å². The number of hydrogen-bond donors (Lipinski definition) is 1. The molecule has 140 valence electrons. The monoisotopic (exact) mass is 372 g/mol. The van der Waals surface area contributed by atoms with Crippen molar-refractivity contribution in [2.45, 2.75) is 25.8 Å². The van der Waals surface area contributed by atoms with E-state index in [1.807, 2.05) is 66.4 Å². The fraction of sp³-hybridized carbons (Fsp3) is 0.227. The Hall–Kier alpha value is -3.41. The first-order chi connectivity index (χ1) is 13.7. The van der Waals surface area contributed by atoms with Crippen LogP contribution in [0.2, 0.25) is 0 Å². The first-order valence-electron chi connectivity index (χ1n) is 9.48. The van der Waals surface area contributed by atoms with Crippen LogP contribution in [-0.2, 0) is 4.79 Å². The molecule has 6 heteroatoms. The number of aryl methyl sites for hydroxylation is 1. The minimum atomic E-state index is -0.305. The number of carbonyl (C=O) groups is 1. The van der Waals surface area contributed by atoms with Gasteiger partial charge in [-0.2, -0.15) is 4.98 Å². The van der Waals surface area contributed by atoms with Crippen LogP contribution < -0.4 is 10.2 Å². The third-order valence-electron chi connectivity index (χ3n) is 5.19. The second kappa shape index (κ2) is 6.64. The molecule has 4 aromatic rings. The molecule has 1 N–H and O–H groups in total. The number of para-hydroxylation sites is 3. The van der Waals surface area contributed by atoms with Gasteiger partial charge in [0, 0.05) is 17.6 Å². The normalized spacial score (nSPS) is 16.8. The molecule has 0 aliphatic carbocycles. The molecule has 1 saturated heterocycles. The Labute approximate surface area is 162 Å². The Morgan fingerprint density at radius 1 is 1.11 bits per heavy atom.